The summed E-state index contributed by atoms with van der Waals surface area (Å²) in [4.78, 5) is 12.2. The largest absolute Gasteiger partial charge is 0.494 e. The molecule has 1 aromatic carbocycles. The van der Waals surface area contributed by atoms with Crippen LogP contribution in [0.5, 0.6) is 5.75 Å². The van der Waals surface area contributed by atoms with E-state index in [1.165, 1.54) is 0 Å². The standard InChI is InChI=1S/C11H14O2S/c1-3-11(12)8-5-9(13-4-2)7-10(14)6-8/h5-7,14H,3-4H2,1-2H3. The molecule has 0 bridgehead atoms. The maximum atomic E-state index is 11.4. The fourth-order valence-electron chi connectivity index (χ4n) is 1.20. The van der Waals surface area contributed by atoms with E-state index in [-0.39, 0.29) is 5.78 Å². The number of hydrogen-bond acceptors (Lipinski definition) is 3. The third kappa shape index (κ3) is 2.77. The van der Waals surface area contributed by atoms with Crippen LogP contribution in [0.3, 0.4) is 0 Å². The zero-order chi connectivity index (χ0) is 10.6. The highest BCUT2D eigenvalue weighted by atomic mass is 32.1. The van der Waals surface area contributed by atoms with Crippen LogP contribution >= 0.6 is 12.6 Å². The van der Waals surface area contributed by atoms with Crippen molar-refractivity contribution in [2.75, 3.05) is 6.61 Å². The molecule has 0 saturated carbocycles. The Labute approximate surface area is 89.7 Å². The van der Waals surface area contributed by atoms with Crippen LogP contribution in [-0.4, -0.2) is 12.4 Å². The molecule has 0 fully saturated rings. The van der Waals surface area contributed by atoms with Gasteiger partial charge < -0.3 is 4.74 Å². The van der Waals surface area contributed by atoms with Gasteiger partial charge in [0.2, 0.25) is 0 Å². The van der Waals surface area contributed by atoms with E-state index in [1.807, 2.05) is 13.8 Å². The third-order valence-corrected chi connectivity index (χ3v) is 2.10. The lowest BCUT2D eigenvalue weighted by atomic mass is 10.1. The van der Waals surface area contributed by atoms with Gasteiger partial charge in [0.1, 0.15) is 5.75 Å². The number of hydrogen-bond donors (Lipinski definition) is 1. The SMILES string of the molecule is CCOc1cc(S)cc(C(=O)CC)c1. The number of Topliss-reactive ketones (excluding diaryl/α,β-unsaturated/α-hetero) is 1. The monoisotopic (exact) mass is 210 g/mol. The van der Waals surface area contributed by atoms with Gasteiger partial charge >= 0.3 is 0 Å². The first-order chi connectivity index (χ1) is 6.67. The predicted molar refractivity (Wildman–Crippen MR) is 59.5 cm³/mol. The molecule has 0 unspecified atom stereocenters. The topological polar surface area (TPSA) is 26.3 Å². The van der Waals surface area contributed by atoms with Crippen LogP contribution in [0.15, 0.2) is 23.1 Å². The Morgan fingerprint density at radius 2 is 2.07 bits per heavy atom. The lowest BCUT2D eigenvalue weighted by molar-refractivity contribution is 0.0987. The Balaban J connectivity index is 3.00. The first kappa shape index (κ1) is 11.1. The Morgan fingerprint density at radius 1 is 1.36 bits per heavy atom. The summed E-state index contributed by atoms with van der Waals surface area (Å²) < 4.78 is 5.32. The second-order valence-corrected chi connectivity index (χ2v) is 3.44. The molecular weight excluding hydrogens is 196 g/mol. The Morgan fingerprint density at radius 3 is 2.64 bits per heavy atom. The van der Waals surface area contributed by atoms with Crippen molar-refractivity contribution >= 4 is 18.4 Å². The van der Waals surface area contributed by atoms with Gasteiger partial charge in [-0.1, -0.05) is 6.92 Å². The molecule has 0 heterocycles. The molecule has 1 rings (SSSR count). The van der Waals surface area contributed by atoms with Crippen molar-refractivity contribution in [3.8, 4) is 5.75 Å². The second-order valence-electron chi connectivity index (χ2n) is 2.93. The molecule has 0 aliphatic carbocycles. The molecule has 0 N–H and O–H groups in total. The molecular formula is C11H14O2S. The van der Waals surface area contributed by atoms with Gasteiger partial charge in [0.15, 0.2) is 5.78 Å². The highest BCUT2D eigenvalue weighted by Gasteiger charge is 2.05. The number of rotatable bonds is 4. The normalized spacial score (nSPS) is 9.93. The Hall–Kier alpha value is -0.960. The minimum Gasteiger partial charge on any atom is -0.494 e. The first-order valence-electron chi connectivity index (χ1n) is 4.67. The first-order valence-corrected chi connectivity index (χ1v) is 5.12. The highest BCUT2D eigenvalue weighted by molar-refractivity contribution is 7.80. The quantitative estimate of drug-likeness (QED) is 0.611. The van der Waals surface area contributed by atoms with Gasteiger partial charge in [-0.25, -0.2) is 0 Å². The molecule has 0 aliphatic heterocycles. The van der Waals surface area contributed by atoms with Crippen molar-refractivity contribution in [2.24, 2.45) is 0 Å². The van der Waals surface area contributed by atoms with E-state index in [1.54, 1.807) is 18.2 Å². The van der Waals surface area contributed by atoms with Crippen molar-refractivity contribution < 1.29 is 9.53 Å². The molecule has 0 aliphatic rings. The van der Waals surface area contributed by atoms with Gasteiger partial charge in [0, 0.05) is 16.9 Å². The van der Waals surface area contributed by atoms with Gasteiger partial charge in [0.25, 0.3) is 0 Å². The van der Waals surface area contributed by atoms with Crippen LogP contribution in [-0.2, 0) is 0 Å². The summed E-state index contributed by atoms with van der Waals surface area (Å²) in [6, 6.07) is 5.32. The number of carbonyl (C=O) groups is 1. The van der Waals surface area contributed by atoms with Crippen LogP contribution in [0.25, 0.3) is 0 Å². The molecule has 3 heteroatoms. The summed E-state index contributed by atoms with van der Waals surface area (Å²) in [5.74, 6) is 0.818. The maximum Gasteiger partial charge on any atom is 0.162 e. The second kappa shape index (κ2) is 5.05. The molecule has 1 aromatic rings. The third-order valence-electron chi connectivity index (χ3n) is 1.85. The van der Waals surface area contributed by atoms with E-state index in [9.17, 15) is 4.79 Å². The molecule has 76 valence electrons. The highest BCUT2D eigenvalue weighted by Crippen LogP contribution is 2.20. The number of carbonyl (C=O) groups excluding carboxylic acids is 1. The lowest BCUT2D eigenvalue weighted by Crippen LogP contribution is -1.98. The smallest absolute Gasteiger partial charge is 0.162 e. The number of benzene rings is 1. The van der Waals surface area contributed by atoms with Gasteiger partial charge in [-0.3, -0.25) is 4.79 Å². The summed E-state index contributed by atoms with van der Waals surface area (Å²) in [6.45, 7) is 4.34. The van der Waals surface area contributed by atoms with Crippen LogP contribution in [0.1, 0.15) is 30.6 Å². The molecule has 0 saturated heterocycles. The molecule has 0 aromatic heterocycles. The summed E-state index contributed by atoms with van der Waals surface area (Å²) in [6.07, 6.45) is 0.503. The van der Waals surface area contributed by atoms with Crippen LogP contribution < -0.4 is 4.74 Å². The van der Waals surface area contributed by atoms with E-state index in [0.717, 1.165) is 4.90 Å². The van der Waals surface area contributed by atoms with Gasteiger partial charge in [-0.2, -0.15) is 0 Å². The van der Waals surface area contributed by atoms with E-state index in [0.29, 0.717) is 24.3 Å². The van der Waals surface area contributed by atoms with Crippen molar-refractivity contribution in [3.63, 3.8) is 0 Å². The van der Waals surface area contributed by atoms with Gasteiger partial charge in [-0.15, -0.1) is 12.6 Å². The van der Waals surface area contributed by atoms with Crippen LogP contribution in [0.4, 0.5) is 0 Å². The van der Waals surface area contributed by atoms with E-state index < -0.39 is 0 Å². The van der Waals surface area contributed by atoms with Crippen molar-refractivity contribution in [2.45, 2.75) is 25.2 Å². The van der Waals surface area contributed by atoms with Crippen LogP contribution in [0, 0.1) is 0 Å². The van der Waals surface area contributed by atoms with Gasteiger partial charge in [-0.05, 0) is 25.1 Å². The molecule has 0 atom stereocenters. The fourth-order valence-corrected chi connectivity index (χ4v) is 1.46. The van der Waals surface area contributed by atoms with Crippen molar-refractivity contribution in [3.05, 3.63) is 23.8 Å². The Bertz CT molecular complexity index is 334. The summed E-state index contributed by atoms with van der Waals surface area (Å²) in [5, 5.41) is 0. The molecule has 0 amide bonds. The van der Waals surface area contributed by atoms with E-state index >= 15 is 0 Å². The average Bonchev–Trinajstić information content (AvgIpc) is 2.16. The summed E-state index contributed by atoms with van der Waals surface area (Å²) >= 11 is 4.22. The predicted octanol–water partition coefficient (Wildman–Crippen LogP) is 2.97. The van der Waals surface area contributed by atoms with Crippen molar-refractivity contribution in [1.82, 2.24) is 0 Å². The zero-order valence-electron chi connectivity index (χ0n) is 8.41. The average molecular weight is 210 g/mol. The van der Waals surface area contributed by atoms with E-state index in [4.69, 9.17) is 4.74 Å². The minimum absolute atomic E-state index is 0.113. The molecule has 0 radical (unpaired) electrons. The van der Waals surface area contributed by atoms with Crippen LogP contribution in [0.2, 0.25) is 0 Å². The summed E-state index contributed by atoms with van der Waals surface area (Å²) in [7, 11) is 0. The molecule has 14 heavy (non-hydrogen) atoms. The zero-order valence-corrected chi connectivity index (χ0v) is 9.30. The lowest BCUT2D eigenvalue weighted by Gasteiger charge is -2.06. The molecule has 2 nitrogen and oxygen atoms in total. The Kier molecular flexibility index (Phi) is 4.01. The number of ketones is 1. The van der Waals surface area contributed by atoms with E-state index in [2.05, 4.69) is 12.6 Å². The van der Waals surface area contributed by atoms with Gasteiger partial charge in [0.05, 0.1) is 6.61 Å². The maximum absolute atomic E-state index is 11.4. The number of thiol groups is 1. The summed E-state index contributed by atoms with van der Waals surface area (Å²) in [5.41, 5.74) is 0.670. The number of ether oxygens (including phenoxy) is 1. The minimum atomic E-state index is 0.113. The fraction of sp³-hybridized carbons (Fsp3) is 0.364. The van der Waals surface area contributed by atoms with Crippen molar-refractivity contribution in [1.29, 1.82) is 0 Å². The molecule has 0 spiro atoms.